The number of aliphatic carboxylic acids is 1. The van der Waals surface area contributed by atoms with E-state index < -0.39 is 16.3 Å². The molecule has 0 spiro atoms. The number of ether oxygens (including phenoxy) is 1. The smallest absolute Gasteiger partial charge is 0.333 e. The summed E-state index contributed by atoms with van der Waals surface area (Å²) >= 11 is 0. The molecule has 1 saturated carbocycles. The van der Waals surface area contributed by atoms with E-state index in [1.165, 1.54) is 13.2 Å². The molecule has 0 heterocycles. The highest BCUT2D eigenvalue weighted by molar-refractivity contribution is 5.77. The Labute approximate surface area is 122 Å². The van der Waals surface area contributed by atoms with Crippen LogP contribution in [-0.4, -0.2) is 29.7 Å². The normalized spacial score (nSPS) is 16.4. The van der Waals surface area contributed by atoms with Crippen molar-refractivity contribution in [1.82, 2.24) is 0 Å². The van der Waals surface area contributed by atoms with Crippen LogP contribution in [0.5, 0.6) is 5.75 Å². The Morgan fingerprint density at radius 3 is 2.67 bits per heavy atom. The van der Waals surface area contributed by atoms with E-state index in [0.29, 0.717) is 12.8 Å². The summed E-state index contributed by atoms with van der Waals surface area (Å²) in [5.74, 6) is -0.696. The molecule has 0 saturated heterocycles. The molecule has 1 aromatic carbocycles. The predicted octanol–water partition coefficient (Wildman–Crippen LogP) is 2.66. The van der Waals surface area contributed by atoms with Crippen molar-refractivity contribution in [2.24, 2.45) is 5.41 Å². The molecular weight excluding hydrogens is 276 g/mol. The molecule has 2 N–H and O–H groups in total. The van der Waals surface area contributed by atoms with Crippen LogP contribution < -0.4 is 10.1 Å². The lowest BCUT2D eigenvalue weighted by molar-refractivity contribution is -0.384. The number of hydrogen-bond acceptors (Lipinski definition) is 5. The van der Waals surface area contributed by atoms with E-state index in [0.717, 1.165) is 12.8 Å². The third-order valence-electron chi connectivity index (χ3n) is 4.03. The average molecular weight is 294 g/mol. The third kappa shape index (κ3) is 2.91. The number of benzene rings is 1. The van der Waals surface area contributed by atoms with Gasteiger partial charge in [0.1, 0.15) is 5.69 Å². The van der Waals surface area contributed by atoms with Gasteiger partial charge in [-0.1, -0.05) is 18.9 Å². The standard InChI is InChI=1S/C14H18N2O5/c1-21-11-6-4-5-10(12(11)16(19)20)15-9-14(13(17)18)7-2-3-8-14/h4-6,15H,2-3,7-9H2,1H3,(H,17,18). The molecule has 0 atom stereocenters. The van der Waals surface area contributed by atoms with Gasteiger partial charge in [-0.25, -0.2) is 0 Å². The molecule has 1 aromatic rings. The average Bonchev–Trinajstić information content (AvgIpc) is 2.94. The SMILES string of the molecule is COc1cccc(NCC2(C(=O)O)CCCC2)c1[N+](=O)[O-]. The zero-order chi connectivity index (χ0) is 15.5. The molecule has 21 heavy (non-hydrogen) atoms. The zero-order valence-corrected chi connectivity index (χ0v) is 11.8. The fourth-order valence-corrected chi connectivity index (χ4v) is 2.80. The van der Waals surface area contributed by atoms with Crippen LogP contribution in [-0.2, 0) is 4.79 Å². The van der Waals surface area contributed by atoms with Crippen LogP contribution in [0.4, 0.5) is 11.4 Å². The first-order valence-corrected chi connectivity index (χ1v) is 6.79. The summed E-state index contributed by atoms with van der Waals surface area (Å²) in [5, 5.41) is 23.5. The van der Waals surface area contributed by atoms with Crippen LogP contribution in [0.1, 0.15) is 25.7 Å². The van der Waals surface area contributed by atoms with Gasteiger partial charge < -0.3 is 15.2 Å². The number of nitrogens with zero attached hydrogens (tertiary/aromatic N) is 1. The van der Waals surface area contributed by atoms with Crippen LogP contribution in [0.2, 0.25) is 0 Å². The molecule has 1 fully saturated rings. The third-order valence-corrected chi connectivity index (χ3v) is 4.03. The minimum Gasteiger partial charge on any atom is -0.490 e. The molecule has 0 aliphatic heterocycles. The molecular formula is C14H18N2O5. The summed E-state index contributed by atoms with van der Waals surface area (Å²) in [4.78, 5) is 22.1. The molecule has 7 nitrogen and oxygen atoms in total. The van der Waals surface area contributed by atoms with Crippen molar-refractivity contribution in [1.29, 1.82) is 0 Å². The quantitative estimate of drug-likeness (QED) is 0.617. The first-order valence-electron chi connectivity index (χ1n) is 6.79. The maximum absolute atomic E-state index is 11.5. The van der Waals surface area contributed by atoms with Gasteiger partial charge in [-0.2, -0.15) is 0 Å². The van der Waals surface area contributed by atoms with E-state index >= 15 is 0 Å². The summed E-state index contributed by atoms with van der Waals surface area (Å²) < 4.78 is 4.99. The van der Waals surface area contributed by atoms with Crippen molar-refractivity contribution in [2.45, 2.75) is 25.7 Å². The summed E-state index contributed by atoms with van der Waals surface area (Å²) in [6.45, 7) is 0.177. The molecule has 0 aromatic heterocycles. The van der Waals surface area contributed by atoms with Crippen LogP contribution >= 0.6 is 0 Å². The van der Waals surface area contributed by atoms with E-state index in [4.69, 9.17) is 4.74 Å². The molecule has 1 aliphatic carbocycles. The Bertz CT molecular complexity index is 552. The topological polar surface area (TPSA) is 102 Å². The van der Waals surface area contributed by atoms with Crippen molar-refractivity contribution in [2.75, 3.05) is 19.0 Å². The van der Waals surface area contributed by atoms with Crippen LogP contribution in [0.3, 0.4) is 0 Å². The number of para-hydroxylation sites is 1. The number of carboxylic acid groups (broad SMARTS) is 1. The summed E-state index contributed by atoms with van der Waals surface area (Å²) in [5.41, 5.74) is -0.720. The van der Waals surface area contributed by atoms with E-state index in [2.05, 4.69) is 5.32 Å². The number of anilines is 1. The van der Waals surface area contributed by atoms with Crippen LogP contribution in [0, 0.1) is 15.5 Å². The molecule has 114 valence electrons. The summed E-state index contributed by atoms with van der Waals surface area (Å²) in [6.07, 6.45) is 2.92. The van der Waals surface area contributed by atoms with Gasteiger partial charge in [0.15, 0.2) is 5.75 Å². The number of nitrogens with one attached hydrogen (secondary N) is 1. The van der Waals surface area contributed by atoms with E-state index in [9.17, 15) is 20.0 Å². The minimum atomic E-state index is -0.849. The second kappa shape index (κ2) is 5.99. The number of methoxy groups -OCH3 is 1. The van der Waals surface area contributed by atoms with Crippen molar-refractivity contribution in [3.05, 3.63) is 28.3 Å². The van der Waals surface area contributed by atoms with Gasteiger partial charge in [-0.05, 0) is 25.0 Å². The predicted molar refractivity (Wildman–Crippen MR) is 76.7 cm³/mol. The summed E-state index contributed by atoms with van der Waals surface area (Å²) in [7, 11) is 1.36. The lowest BCUT2D eigenvalue weighted by atomic mass is 9.86. The number of carboxylic acids is 1. The van der Waals surface area contributed by atoms with E-state index in [1.807, 2.05) is 0 Å². The Morgan fingerprint density at radius 2 is 2.14 bits per heavy atom. The highest BCUT2D eigenvalue weighted by atomic mass is 16.6. The van der Waals surface area contributed by atoms with Crippen molar-refractivity contribution in [3.63, 3.8) is 0 Å². The fourth-order valence-electron chi connectivity index (χ4n) is 2.80. The molecule has 0 amide bonds. The lowest BCUT2D eigenvalue weighted by Gasteiger charge is -2.24. The second-order valence-corrected chi connectivity index (χ2v) is 5.26. The van der Waals surface area contributed by atoms with Crippen molar-refractivity contribution < 1.29 is 19.6 Å². The van der Waals surface area contributed by atoms with Gasteiger partial charge >= 0.3 is 11.7 Å². The molecule has 2 rings (SSSR count). The number of nitro benzene ring substituents is 1. The first-order chi connectivity index (χ1) is 10.00. The van der Waals surface area contributed by atoms with Gasteiger partial charge in [-0.3, -0.25) is 14.9 Å². The van der Waals surface area contributed by atoms with E-state index in [1.54, 1.807) is 12.1 Å². The highest BCUT2D eigenvalue weighted by Crippen LogP contribution is 2.40. The highest BCUT2D eigenvalue weighted by Gasteiger charge is 2.41. The van der Waals surface area contributed by atoms with Crippen LogP contribution in [0.15, 0.2) is 18.2 Å². The molecule has 0 unspecified atom stereocenters. The Balaban J connectivity index is 2.24. The number of nitro groups is 1. The molecule has 7 heteroatoms. The largest absolute Gasteiger partial charge is 0.490 e. The Kier molecular flexibility index (Phi) is 4.30. The van der Waals surface area contributed by atoms with Gasteiger partial charge in [0.2, 0.25) is 0 Å². The maximum Gasteiger partial charge on any atom is 0.333 e. The Hall–Kier alpha value is -2.31. The lowest BCUT2D eigenvalue weighted by Crippen LogP contribution is -2.35. The van der Waals surface area contributed by atoms with Crippen molar-refractivity contribution >= 4 is 17.3 Å². The van der Waals surface area contributed by atoms with Crippen molar-refractivity contribution in [3.8, 4) is 5.75 Å². The maximum atomic E-state index is 11.5. The molecule has 0 radical (unpaired) electrons. The van der Waals surface area contributed by atoms with Gasteiger partial charge in [-0.15, -0.1) is 0 Å². The van der Waals surface area contributed by atoms with E-state index in [-0.39, 0.29) is 23.7 Å². The zero-order valence-electron chi connectivity index (χ0n) is 11.8. The van der Waals surface area contributed by atoms with Crippen LogP contribution in [0.25, 0.3) is 0 Å². The monoisotopic (exact) mass is 294 g/mol. The van der Waals surface area contributed by atoms with Gasteiger partial charge in [0.25, 0.3) is 0 Å². The Morgan fingerprint density at radius 1 is 1.48 bits per heavy atom. The number of rotatable bonds is 6. The van der Waals surface area contributed by atoms with Gasteiger partial charge in [0.05, 0.1) is 17.4 Å². The number of carbonyl (C=O) groups is 1. The minimum absolute atomic E-state index is 0.154. The van der Waals surface area contributed by atoms with Gasteiger partial charge in [0, 0.05) is 6.54 Å². The summed E-state index contributed by atoms with van der Waals surface area (Å²) in [6, 6.07) is 4.70. The molecule has 1 aliphatic rings. The second-order valence-electron chi connectivity index (χ2n) is 5.26. The first kappa shape index (κ1) is 15.1. The fraction of sp³-hybridized carbons (Fsp3) is 0.500. The molecule has 0 bridgehead atoms. The number of hydrogen-bond donors (Lipinski definition) is 2.